The van der Waals surface area contributed by atoms with Gasteiger partial charge in [-0.1, -0.05) is 53.5 Å². The van der Waals surface area contributed by atoms with E-state index in [1.807, 2.05) is 59.2 Å². The van der Waals surface area contributed by atoms with E-state index in [9.17, 15) is 14.7 Å². The van der Waals surface area contributed by atoms with Crippen LogP contribution in [0.4, 0.5) is 4.79 Å². The van der Waals surface area contributed by atoms with E-state index in [4.69, 9.17) is 23.2 Å². The van der Waals surface area contributed by atoms with E-state index in [2.05, 4.69) is 0 Å². The number of benzene rings is 3. The minimum absolute atomic E-state index is 0.0981. The van der Waals surface area contributed by atoms with Crippen LogP contribution >= 0.6 is 35.0 Å². The van der Waals surface area contributed by atoms with Gasteiger partial charge in [-0.25, -0.2) is 0 Å². The van der Waals surface area contributed by atoms with Gasteiger partial charge in [0.2, 0.25) is 0 Å². The summed E-state index contributed by atoms with van der Waals surface area (Å²) < 4.78 is 1.96. The van der Waals surface area contributed by atoms with Crippen molar-refractivity contribution in [2.24, 2.45) is 0 Å². The first-order valence-corrected chi connectivity index (χ1v) is 11.8. The molecule has 5 rings (SSSR count). The summed E-state index contributed by atoms with van der Waals surface area (Å²) >= 11 is 13.3. The van der Waals surface area contributed by atoms with Crippen molar-refractivity contribution in [2.45, 2.75) is 12.6 Å². The fourth-order valence-electron chi connectivity index (χ4n) is 4.08. The molecule has 2 heterocycles. The van der Waals surface area contributed by atoms with Crippen LogP contribution in [0.25, 0.3) is 27.9 Å². The minimum Gasteiger partial charge on any atom is -0.389 e. The van der Waals surface area contributed by atoms with Crippen LogP contribution < -0.4 is 0 Å². The summed E-state index contributed by atoms with van der Waals surface area (Å²) in [6.07, 6.45) is 0.734. The predicted molar refractivity (Wildman–Crippen MR) is 135 cm³/mol. The maximum absolute atomic E-state index is 12.8. The van der Waals surface area contributed by atoms with Crippen molar-refractivity contribution >= 4 is 74.0 Å². The molecule has 33 heavy (non-hydrogen) atoms. The van der Waals surface area contributed by atoms with Gasteiger partial charge in [0.15, 0.2) is 0 Å². The Balaban J connectivity index is 1.41. The van der Waals surface area contributed by atoms with Crippen LogP contribution in [0.15, 0.2) is 71.6 Å². The third-order valence-corrected chi connectivity index (χ3v) is 6.92. The number of amides is 2. The molecule has 0 saturated carbocycles. The van der Waals surface area contributed by atoms with Crippen molar-refractivity contribution in [2.75, 3.05) is 6.54 Å². The summed E-state index contributed by atoms with van der Waals surface area (Å²) in [5.74, 6) is -0.395. The monoisotopic (exact) mass is 496 g/mol. The molecule has 4 aromatic rings. The fraction of sp³-hybridized carbons (Fsp3) is 0.120. The lowest BCUT2D eigenvalue weighted by Crippen LogP contribution is -2.37. The Kier molecular flexibility index (Phi) is 5.93. The third kappa shape index (κ3) is 4.27. The number of β-amino-alcohol motifs (C(OH)–C–C–N with tert-alkyl or cyclic N) is 1. The average molecular weight is 497 g/mol. The van der Waals surface area contributed by atoms with E-state index in [1.54, 1.807) is 18.2 Å². The van der Waals surface area contributed by atoms with Crippen molar-refractivity contribution in [1.29, 1.82) is 0 Å². The topological polar surface area (TPSA) is 62.5 Å². The highest BCUT2D eigenvalue weighted by molar-refractivity contribution is 8.18. The van der Waals surface area contributed by atoms with E-state index in [0.717, 1.165) is 44.0 Å². The van der Waals surface area contributed by atoms with Crippen LogP contribution in [0.3, 0.4) is 0 Å². The molecular formula is C25H18Cl2N2O3S. The number of hydrogen-bond donors (Lipinski definition) is 1. The number of hydrogen-bond acceptors (Lipinski definition) is 4. The number of nitrogens with zero attached hydrogens (tertiary/aromatic N) is 2. The van der Waals surface area contributed by atoms with Crippen LogP contribution in [-0.2, 0) is 11.3 Å². The predicted octanol–water partition coefficient (Wildman–Crippen LogP) is 6.20. The Morgan fingerprint density at radius 3 is 2.09 bits per heavy atom. The van der Waals surface area contributed by atoms with E-state index in [0.29, 0.717) is 15.0 Å². The highest BCUT2D eigenvalue weighted by atomic mass is 35.5. The maximum atomic E-state index is 12.8. The number of imide groups is 1. The Morgan fingerprint density at radius 1 is 0.879 bits per heavy atom. The first-order valence-electron chi connectivity index (χ1n) is 10.3. The Labute approximate surface area is 204 Å². The Hall–Kier alpha value is -2.77. The molecule has 1 aliphatic heterocycles. The van der Waals surface area contributed by atoms with Gasteiger partial charge in [0, 0.05) is 31.9 Å². The molecule has 2 amide bonds. The molecule has 1 unspecified atom stereocenters. The van der Waals surface area contributed by atoms with Crippen LogP contribution in [0, 0.1) is 0 Å². The molecule has 1 aromatic heterocycles. The molecular weight excluding hydrogens is 479 g/mol. The molecule has 1 aliphatic rings. The van der Waals surface area contributed by atoms with Crippen molar-refractivity contribution in [3.8, 4) is 0 Å². The smallest absolute Gasteiger partial charge is 0.293 e. The minimum atomic E-state index is -0.959. The zero-order valence-corrected chi connectivity index (χ0v) is 19.6. The largest absolute Gasteiger partial charge is 0.389 e. The number of fused-ring (bicyclic) bond motifs is 3. The van der Waals surface area contributed by atoms with Crippen molar-refractivity contribution in [3.05, 3.63) is 87.2 Å². The molecule has 3 aromatic carbocycles. The lowest BCUT2D eigenvalue weighted by Gasteiger charge is -2.19. The summed E-state index contributed by atoms with van der Waals surface area (Å²) in [6, 6.07) is 20.4. The van der Waals surface area contributed by atoms with Crippen molar-refractivity contribution < 1.29 is 14.7 Å². The van der Waals surface area contributed by atoms with Gasteiger partial charge in [-0.15, -0.1) is 0 Å². The summed E-state index contributed by atoms with van der Waals surface area (Å²) in [5, 5.41) is 13.5. The molecule has 1 fully saturated rings. The van der Waals surface area contributed by atoms with Gasteiger partial charge in [0.1, 0.15) is 0 Å². The number of thioether (sulfide) groups is 1. The SMILES string of the molecule is O=C1S/C(=C/c2ccccc2)C(=O)N1CC(O)Cn1c2ccc(Cl)cc2c2cc(Cl)ccc21. The first-order chi connectivity index (χ1) is 15.9. The second-order valence-corrected chi connectivity index (χ2v) is 9.66. The molecule has 0 spiro atoms. The molecule has 0 aliphatic carbocycles. The van der Waals surface area contributed by atoms with E-state index < -0.39 is 12.0 Å². The molecule has 166 valence electrons. The normalized spacial score (nSPS) is 16.5. The van der Waals surface area contributed by atoms with Gasteiger partial charge in [-0.2, -0.15) is 0 Å². The highest BCUT2D eigenvalue weighted by Gasteiger charge is 2.36. The second-order valence-electron chi connectivity index (χ2n) is 7.79. The van der Waals surface area contributed by atoms with E-state index >= 15 is 0 Å². The average Bonchev–Trinajstić information content (AvgIpc) is 3.22. The number of aromatic nitrogens is 1. The van der Waals surface area contributed by atoms with Gasteiger partial charge < -0.3 is 9.67 Å². The first kappa shape index (κ1) is 22.0. The molecule has 8 heteroatoms. The van der Waals surface area contributed by atoms with Crippen LogP contribution in [0.1, 0.15) is 5.56 Å². The zero-order valence-electron chi connectivity index (χ0n) is 17.2. The third-order valence-electron chi connectivity index (χ3n) is 5.55. The number of halogens is 2. The molecule has 5 nitrogen and oxygen atoms in total. The summed E-state index contributed by atoms with van der Waals surface area (Å²) in [6.45, 7) is 0.0991. The summed E-state index contributed by atoms with van der Waals surface area (Å²) in [4.78, 5) is 26.8. The van der Waals surface area contributed by atoms with Gasteiger partial charge in [-0.05, 0) is 59.8 Å². The highest BCUT2D eigenvalue weighted by Crippen LogP contribution is 2.34. The van der Waals surface area contributed by atoms with Gasteiger partial charge in [-0.3, -0.25) is 14.5 Å². The second kappa shape index (κ2) is 8.88. The van der Waals surface area contributed by atoms with Crippen LogP contribution in [0.5, 0.6) is 0 Å². The van der Waals surface area contributed by atoms with Gasteiger partial charge >= 0.3 is 0 Å². The number of carbonyl (C=O) groups excluding carboxylic acids is 2. The number of carbonyl (C=O) groups is 2. The van der Waals surface area contributed by atoms with Crippen LogP contribution in [-0.4, -0.2) is 38.4 Å². The lowest BCUT2D eigenvalue weighted by molar-refractivity contribution is -0.123. The Bertz CT molecular complexity index is 1370. The van der Waals surface area contributed by atoms with Crippen LogP contribution in [0.2, 0.25) is 10.0 Å². The molecule has 1 atom stereocenters. The van der Waals surface area contributed by atoms with Gasteiger partial charge in [0.25, 0.3) is 11.1 Å². The number of aliphatic hydroxyl groups excluding tert-OH is 1. The lowest BCUT2D eigenvalue weighted by atomic mass is 10.1. The quantitative estimate of drug-likeness (QED) is 0.334. The van der Waals surface area contributed by atoms with Gasteiger partial charge in [0.05, 0.1) is 24.1 Å². The Morgan fingerprint density at radius 2 is 1.48 bits per heavy atom. The summed E-state index contributed by atoms with van der Waals surface area (Å²) in [5.41, 5.74) is 2.61. The van der Waals surface area contributed by atoms with Crippen molar-refractivity contribution in [1.82, 2.24) is 9.47 Å². The molecule has 0 bridgehead atoms. The fourth-order valence-corrected chi connectivity index (χ4v) is 5.27. The van der Waals surface area contributed by atoms with E-state index in [1.165, 1.54) is 0 Å². The summed E-state index contributed by atoms with van der Waals surface area (Å²) in [7, 11) is 0. The molecule has 0 radical (unpaired) electrons. The maximum Gasteiger partial charge on any atom is 0.293 e. The number of aliphatic hydroxyl groups is 1. The standard InChI is InChI=1S/C25H18Cl2N2O3S/c26-16-6-8-21-19(11-16)20-12-17(27)7-9-22(20)28(21)13-18(30)14-29-24(31)23(33-25(29)32)10-15-4-2-1-3-5-15/h1-12,18,30H,13-14H2/b23-10+. The van der Waals surface area contributed by atoms with E-state index in [-0.39, 0.29) is 18.3 Å². The molecule has 1 saturated heterocycles. The molecule has 1 N–H and O–H groups in total. The van der Waals surface area contributed by atoms with Crippen molar-refractivity contribution in [3.63, 3.8) is 0 Å². The zero-order chi connectivity index (χ0) is 23.1. The number of rotatable bonds is 5.